The van der Waals surface area contributed by atoms with E-state index in [-0.39, 0.29) is 39.1 Å². The molecule has 0 unspecified atom stereocenters. The van der Waals surface area contributed by atoms with Crippen LogP contribution in [0.15, 0.2) is 12.2 Å². The zero-order valence-electron chi connectivity index (χ0n) is 24.1. The number of ether oxygens (including phenoxy) is 2. The van der Waals surface area contributed by atoms with E-state index in [1.54, 1.807) is 14.2 Å². The van der Waals surface area contributed by atoms with Gasteiger partial charge < -0.3 is 14.6 Å². The van der Waals surface area contributed by atoms with Crippen molar-refractivity contribution in [2.24, 2.45) is 56.7 Å². The van der Waals surface area contributed by atoms with Crippen LogP contribution in [-0.2, 0) is 14.3 Å². The van der Waals surface area contributed by atoms with Crippen molar-refractivity contribution in [3.8, 4) is 0 Å². The van der Waals surface area contributed by atoms with Crippen LogP contribution in [0.3, 0.4) is 0 Å². The van der Waals surface area contributed by atoms with E-state index in [0.717, 1.165) is 38.5 Å². The summed E-state index contributed by atoms with van der Waals surface area (Å²) in [5, 5.41) is 11.0. The van der Waals surface area contributed by atoms with Gasteiger partial charge in [0.05, 0.1) is 25.2 Å². The molecule has 5 fully saturated rings. The summed E-state index contributed by atoms with van der Waals surface area (Å²) in [6.45, 7) is 17.5. The molecule has 0 aromatic rings. The molecule has 204 valence electrons. The highest BCUT2D eigenvalue weighted by Gasteiger charge is 2.72. The second-order valence-corrected chi connectivity index (χ2v) is 15.0. The molecule has 1 N–H and O–H groups in total. The van der Waals surface area contributed by atoms with Crippen molar-refractivity contribution in [2.75, 3.05) is 20.8 Å². The number of fused-ring (bicyclic) bond motifs is 7. The Morgan fingerprint density at radius 3 is 2.25 bits per heavy atom. The number of carbonyl (C=O) groups is 1. The number of methoxy groups -OCH3 is 2. The molecule has 5 saturated carbocycles. The summed E-state index contributed by atoms with van der Waals surface area (Å²) in [5.41, 5.74) is 1.51. The first-order valence-corrected chi connectivity index (χ1v) is 14.8. The Bertz CT molecular complexity index is 910. The molecule has 0 saturated heterocycles. The van der Waals surface area contributed by atoms with Crippen molar-refractivity contribution in [3.63, 3.8) is 0 Å². The molecule has 5 aliphatic rings. The first-order valence-electron chi connectivity index (χ1n) is 14.8. The van der Waals surface area contributed by atoms with E-state index in [4.69, 9.17) is 9.47 Å². The number of aliphatic hydroxyl groups excluding tert-OH is 1. The van der Waals surface area contributed by atoms with Crippen LogP contribution in [0.5, 0.6) is 0 Å². The number of hydrogen-bond acceptors (Lipinski definition) is 4. The maximum absolute atomic E-state index is 13.5. The number of rotatable bonds is 4. The molecule has 0 aliphatic heterocycles. The summed E-state index contributed by atoms with van der Waals surface area (Å²) in [4.78, 5) is 13.5. The van der Waals surface area contributed by atoms with E-state index in [1.165, 1.54) is 31.3 Å². The molecule has 4 nitrogen and oxygen atoms in total. The number of aliphatic hydroxyl groups is 1. The van der Waals surface area contributed by atoms with Crippen LogP contribution in [0.25, 0.3) is 0 Å². The van der Waals surface area contributed by atoms with Crippen LogP contribution in [-0.4, -0.2) is 38.0 Å². The van der Waals surface area contributed by atoms with Crippen molar-refractivity contribution >= 4 is 5.97 Å². The third kappa shape index (κ3) is 3.22. The lowest BCUT2D eigenvalue weighted by Crippen LogP contribution is -2.67. The molecule has 0 aromatic carbocycles. The van der Waals surface area contributed by atoms with E-state index in [0.29, 0.717) is 36.2 Å². The average Bonchev–Trinajstić information content (AvgIpc) is 3.23. The smallest absolute Gasteiger partial charge is 0.312 e. The third-order valence-corrected chi connectivity index (χ3v) is 13.9. The van der Waals surface area contributed by atoms with Crippen LogP contribution in [0.4, 0.5) is 0 Å². The highest BCUT2D eigenvalue weighted by atomic mass is 16.5. The third-order valence-electron chi connectivity index (χ3n) is 13.9. The highest BCUT2D eigenvalue weighted by Crippen LogP contribution is 2.77. The summed E-state index contributed by atoms with van der Waals surface area (Å²) >= 11 is 0. The van der Waals surface area contributed by atoms with Gasteiger partial charge in [-0.15, -0.1) is 0 Å². The fraction of sp³-hybridized carbons (Fsp3) is 0.906. The molecule has 0 bridgehead atoms. The Morgan fingerprint density at radius 1 is 0.861 bits per heavy atom. The van der Waals surface area contributed by atoms with Crippen molar-refractivity contribution in [2.45, 2.75) is 105 Å². The van der Waals surface area contributed by atoms with Gasteiger partial charge in [0.2, 0.25) is 0 Å². The van der Waals surface area contributed by atoms with Gasteiger partial charge in [-0.3, -0.25) is 4.79 Å². The van der Waals surface area contributed by atoms with Gasteiger partial charge >= 0.3 is 5.97 Å². The van der Waals surface area contributed by atoms with E-state index < -0.39 is 0 Å². The SMILES string of the molecule is C=C(COC)[C@@H]1CC[C@]2(C(=O)OC)CC[C@]3(C)[C@H](CC[C@@H]4[C@@]5(C)CC[C@H](O)C(C)(C)[C@@H]5CC[C@]43C)[C@@H]12. The normalized spacial score (nSPS) is 51.3. The van der Waals surface area contributed by atoms with Gasteiger partial charge in [0.1, 0.15) is 0 Å². The summed E-state index contributed by atoms with van der Waals surface area (Å²) in [6.07, 6.45) is 10.8. The molecule has 5 rings (SSSR count). The van der Waals surface area contributed by atoms with E-state index in [1.807, 2.05) is 0 Å². The van der Waals surface area contributed by atoms with Crippen molar-refractivity contribution < 1.29 is 19.4 Å². The first kappa shape index (κ1) is 26.7. The maximum atomic E-state index is 13.5. The van der Waals surface area contributed by atoms with Gasteiger partial charge in [0.15, 0.2) is 0 Å². The number of esters is 1. The van der Waals surface area contributed by atoms with E-state index in [2.05, 4.69) is 41.2 Å². The lowest BCUT2D eigenvalue weighted by atomic mass is 9.32. The lowest BCUT2D eigenvalue weighted by Gasteiger charge is -2.72. The summed E-state index contributed by atoms with van der Waals surface area (Å²) in [5.74, 6) is 2.42. The van der Waals surface area contributed by atoms with Crippen LogP contribution in [0.2, 0.25) is 0 Å². The monoisotopic (exact) mass is 500 g/mol. The number of hydrogen-bond donors (Lipinski definition) is 1. The average molecular weight is 501 g/mol. The molecule has 10 atom stereocenters. The number of carbonyl (C=O) groups excluding carboxylic acids is 1. The second kappa shape index (κ2) is 8.57. The minimum Gasteiger partial charge on any atom is -0.469 e. The van der Waals surface area contributed by atoms with Gasteiger partial charge in [0.25, 0.3) is 0 Å². The Kier molecular flexibility index (Phi) is 6.36. The lowest BCUT2D eigenvalue weighted by molar-refractivity contribution is -0.248. The highest BCUT2D eigenvalue weighted by molar-refractivity contribution is 5.78. The van der Waals surface area contributed by atoms with Crippen LogP contribution < -0.4 is 0 Å². The summed E-state index contributed by atoms with van der Waals surface area (Å²) in [6, 6.07) is 0. The first-order chi connectivity index (χ1) is 16.8. The van der Waals surface area contributed by atoms with Gasteiger partial charge in [-0.05, 0) is 121 Å². The maximum Gasteiger partial charge on any atom is 0.312 e. The molecule has 0 radical (unpaired) electrons. The topological polar surface area (TPSA) is 55.8 Å². The summed E-state index contributed by atoms with van der Waals surface area (Å²) < 4.78 is 11.1. The standard InChI is InChI=1S/C32H52O4/c1-20(19-35-7)21-11-16-32(27(34)36-8)18-17-30(5)22(26(21)32)9-10-24-29(4)14-13-25(33)28(2,3)23(29)12-15-31(24,30)6/h21-26,33H,1,9-19H2,2-8H3/t21-,22+,23-,24+,25-,26+,29-,30+,31+,32-/m0/s1. The quantitative estimate of drug-likeness (QED) is 0.340. The predicted molar refractivity (Wildman–Crippen MR) is 143 cm³/mol. The van der Waals surface area contributed by atoms with Crippen molar-refractivity contribution in [1.29, 1.82) is 0 Å². The van der Waals surface area contributed by atoms with Gasteiger partial charge in [-0.25, -0.2) is 0 Å². The van der Waals surface area contributed by atoms with Crippen LogP contribution in [0.1, 0.15) is 98.8 Å². The molecular formula is C32H52O4. The minimum absolute atomic E-state index is 0.0207. The molecule has 0 amide bonds. The van der Waals surface area contributed by atoms with Crippen molar-refractivity contribution in [3.05, 3.63) is 12.2 Å². The Balaban J connectivity index is 1.55. The van der Waals surface area contributed by atoms with E-state index >= 15 is 0 Å². The zero-order chi connectivity index (χ0) is 26.3. The molecule has 0 spiro atoms. The largest absolute Gasteiger partial charge is 0.469 e. The van der Waals surface area contributed by atoms with Gasteiger partial charge in [0, 0.05) is 7.11 Å². The summed E-state index contributed by atoms with van der Waals surface area (Å²) in [7, 11) is 3.34. The Hall–Kier alpha value is -0.870. The zero-order valence-corrected chi connectivity index (χ0v) is 24.1. The fourth-order valence-corrected chi connectivity index (χ4v) is 11.9. The minimum atomic E-state index is -0.360. The molecule has 0 aromatic heterocycles. The van der Waals surface area contributed by atoms with Crippen molar-refractivity contribution in [1.82, 2.24) is 0 Å². The molecular weight excluding hydrogens is 448 g/mol. The molecule has 36 heavy (non-hydrogen) atoms. The second-order valence-electron chi connectivity index (χ2n) is 15.0. The molecule has 4 heteroatoms. The molecule has 0 heterocycles. The Labute approximate surface area is 220 Å². The fourth-order valence-electron chi connectivity index (χ4n) is 11.9. The van der Waals surface area contributed by atoms with Crippen LogP contribution >= 0.6 is 0 Å². The molecule has 5 aliphatic carbocycles. The van der Waals surface area contributed by atoms with E-state index in [9.17, 15) is 9.90 Å². The van der Waals surface area contributed by atoms with Crippen LogP contribution in [0, 0.1) is 56.7 Å². The Morgan fingerprint density at radius 2 is 1.58 bits per heavy atom. The van der Waals surface area contributed by atoms with Gasteiger partial charge in [-0.1, -0.05) is 41.2 Å². The predicted octanol–water partition coefficient (Wildman–Crippen LogP) is 6.80. The van der Waals surface area contributed by atoms with Gasteiger partial charge in [-0.2, -0.15) is 0 Å².